The summed E-state index contributed by atoms with van der Waals surface area (Å²) in [7, 11) is 0. The SMILES string of the molecule is Cc1ccc(Cc2sc(NC(=O)COS(=O)NCC(C)C)nc2C)cc1. The molecule has 1 aromatic carbocycles. The highest BCUT2D eigenvalue weighted by atomic mass is 32.2. The van der Waals surface area contributed by atoms with Gasteiger partial charge in [0.2, 0.25) is 11.3 Å². The number of hydrogen-bond donors (Lipinski definition) is 2. The molecule has 6 nitrogen and oxygen atoms in total. The first-order valence-electron chi connectivity index (χ1n) is 8.43. The van der Waals surface area contributed by atoms with Crippen molar-refractivity contribution in [2.24, 2.45) is 5.92 Å². The summed E-state index contributed by atoms with van der Waals surface area (Å²) >= 11 is -0.230. The normalized spacial score (nSPS) is 12.3. The van der Waals surface area contributed by atoms with E-state index in [1.807, 2.05) is 20.8 Å². The second-order valence-corrected chi connectivity index (χ2v) is 8.55. The van der Waals surface area contributed by atoms with E-state index < -0.39 is 11.3 Å². The number of aryl methyl sites for hydroxylation is 2. The zero-order valence-electron chi connectivity index (χ0n) is 15.5. The van der Waals surface area contributed by atoms with E-state index in [-0.39, 0.29) is 12.5 Å². The lowest BCUT2D eigenvalue weighted by Crippen LogP contribution is -2.27. The summed E-state index contributed by atoms with van der Waals surface area (Å²) in [5.41, 5.74) is 3.33. The van der Waals surface area contributed by atoms with Crippen LogP contribution >= 0.6 is 11.3 Å². The van der Waals surface area contributed by atoms with Crippen molar-refractivity contribution in [3.8, 4) is 0 Å². The second kappa shape index (κ2) is 9.91. The zero-order chi connectivity index (χ0) is 19.1. The standard InChI is InChI=1S/C18H25N3O3S2/c1-12(2)10-19-26(23)24-11-17(22)21-18-20-14(4)16(25-18)9-15-7-5-13(3)6-8-15/h5-8,12,19H,9-11H2,1-4H3,(H,20,21,22). The molecule has 0 spiro atoms. The van der Waals surface area contributed by atoms with Gasteiger partial charge in [-0.25, -0.2) is 13.9 Å². The number of amides is 1. The minimum Gasteiger partial charge on any atom is -0.300 e. The van der Waals surface area contributed by atoms with Crippen LogP contribution in [0.3, 0.4) is 0 Å². The molecular weight excluding hydrogens is 370 g/mol. The van der Waals surface area contributed by atoms with E-state index in [9.17, 15) is 9.00 Å². The summed E-state index contributed by atoms with van der Waals surface area (Å²) in [4.78, 5) is 17.4. The van der Waals surface area contributed by atoms with Crippen LogP contribution in [0.1, 0.15) is 35.5 Å². The molecule has 26 heavy (non-hydrogen) atoms. The third-order valence-electron chi connectivity index (χ3n) is 3.53. The number of nitrogens with zero attached hydrogens (tertiary/aromatic N) is 1. The molecule has 0 saturated carbocycles. The fraction of sp³-hybridized carbons (Fsp3) is 0.444. The van der Waals surface area contributed by atoms with E-state index in [1.54, 1.807) is 0 Å². The van der Waals surface area contributed by atoms with Crippen LogP contribution in [-0.4, -0.2) is 28.3 Å². The van der Waals surface area contributed by atoms with Crippen LogP contribution in [0.25, 0.3) is 0 Å². The lowest BCUT2D eigenvalue weighted by molar-refractivity contribution is -0.117. The zero-order valence-corrected chi connectivity index (χ0v) is 17.1. The van der Waals surface area contributed by atoms with Crippen molar-refractivity contribution in [3.05, 3.63) is 46.0 Å². The van der Waals surface area contributed by atoms with Crippen molar-refractivity contribution in [1.82, 2.24) is 9.71 Å². The summed E-state index contributed by atoms with van der Waals surface area (Å²) in [6, 6.07) is 8.36. The Morgan fingerprint density at radius 2 is 1.96 bits per heavy atom. The van der Waals surface area contributed by atoms with Gasteiger partial charge < -0.3 is 0 Å². The summed E-state index contributed by atoms with van der Waals surface area (Å²) in [6.07, 6.45) is 0.777. The van der Waals surface area contributed by atoms with Crippen molar-refractivity contribution in [1.29, 1.82) is 0 Å². The Morgan fingerprint density at radius 1 is 1.27 bits per heavy atom. The van der Waals surface area contributed by atoms with Gasteiger partial charge in [-0.05, 0) is 25.3 Å². The van der Waals surface area contributed by atoms with Gasteiger partial charge in [-0.15, -0.1) is 11.3 Å². The van der Waals surface area contributed by atoms with Crippen molar-refractivity contribution >= 4 is 33.6 Å². The van der Waals surface area contributed by atoms with Crippen LogP contribution < -0.4 is 10.0 Å². The average Bonchev–Trinajstić information content (AvgIpc) is 2.92. The molecule has 0 bridgehead atoms. The molecule has 2 aromatic rings. The van der Waals surface area contributed by atoms with Crippen molar-refractivity contribution in [2.75, 3.05) is 18.5 Å². The number of thiazole rings is 1. The lowest BCUT2D eigenvalue weighted by Gasteiger charge is -2.06. The molecule has 8 heteroatoms. The van der Waals surface area contributed by atoms with Crippen molar-refractivity contribution in [3.63, 3.8) is 0 Å². The Balaban J connectivity index is 1.85. The predicted octanol–water partition coefficient (Wildman–Crippen LogP) is 3.13. The first-order valence-corrected chi connectivity index (χ1v) is 10.3. The van der Waals surface area contributed by atoms with Crippen LogP contribution in [0.2, 0.25) is 0 Å². The molecule has 2 N–H and O–H groups in total. The largest absolute Gasteiger partial charge is 0.300 e. The van der Waals surface area contributed by atoms with Crippen LogP contribution in [0.5, 0.6) is 0 Å². The van der Waals surface area contributed by atoms with Crippen LogP contribution in [0, 0.1) is 19.8 Å². The number of aromatic nitrogens is 1. The van der Waals surface area contributed by atoms with Crippen LogP contribution in [-0.2, 0) is 26.7 Å². The molecule has 1 atom stereocenters. The highest BCUT2D eigenvalue weighted by Gasteiger charge is 2.12. The third kappa shape index (κ3) is 6.95. The van der Waals surface area contributed by atoms with Gasteiger partial charge in [0.25, 0.3) is 5.91 Å². The van der Waals surface area contributed by atoms with Gasteiger partial charge in [0.1, 0.15) is 6.61 Å². The smallest absolute Gasteiger partial charge is 0.253 e. The highest BCUT2D eigenvalue weighted by molar-refractivity contribution is 7.78. The molecule has 1 amide bonds. The molecule has 142 valence electrons. The minimum atomic E-state index is -1.67. The molecule has 1 aromatic heterocycles. The summed E-state index contributed by atoms with van der Waals surface area (Å²) in [6.45, 7) is 8.25. The van der Waals surface area contributed by atoms with Gasteiger partial charge in [0.15, 0.2) is 5.13 Å². The lowest BCUT2D eigenvalue weighted by atomic mass is 10.1. The summed E-state index contributed by atoms with van der Waals surface area (Å²) in [5.74, 6) is -0.0260. The molecule has 0 aliphatic heterocycles. The van der Waals surface area contributed by atoms with E-state index in [0.717, 1.165) is 17.0 Å². The monoisotopic (exact) mass is 395 g/mol. The molecule has 0 fully saturated rings. The molecule has 0 saturated heterocycles. The fourth-order valence-electron chi connectivity index (χ4n) is 2.08. The second-order valence-electron chi connectivity index (χ2n) is 6.48. The Bertz CT molecular complexity index is 758. The fourth-order valence-corrected chi connectivity index (χ4v) is 3.86. The quantitative estimate of drug-likeness (QED) is 0.684. The van der Waals surface area contributed by atoms with Crippen molar-refractivity contribution in [2.45, 2.75) is 34.1 Å². The summed E-state index contributed by atoms with van der Waals surface area (Å²) < 4.78 is 19.3. The van der Waals surface area contributed by atoms with E-state index >= 15 is 0 Å². The molecule has 1 heterocycles. The number of rotatable bonds is 9. The maximum atomic E-state index is 11.9. The number of carbonyl (C=O) groups excluding carboxylic acids is 1. The number of hydrogen-bond acceptors (Lipinski definition) is 5. The third-order valence-corrected chi connectivity index (χ3v) is 5.34. The Kier molecular flexibility index (Phi) is 7.89. The number of carbonyl (C=O) groups is 1. The molecule has 0 aliphatic carbocycles. The van der Waals surface area contributed by atoms with Gasteiger partial charge >= 0.3 is 0 Å². The van der Waals surface area contributed by atoms with E-state index in [4.69, 9.17) is 4.18 Å². The number of anilines is 1. The molecule has 2 rings (SSSR count). The van der Waals surface area contributed by atoms with Gasteiger partial charge in [0.05, 0.1) is 5.69 Å². The Morgan fingerprint density at radius 3 is 2.62 bits per heavy atom. The molecule has 0 radical (unpaired) electrons. The number of benzene rings is 1. The highest BCUT2D eigenvalue weighted by Crippen LogP contribution is 2.25. The Labute approximate surface area is 161 Å². The predicted molar refractivity (Wildman–Crippen MR) is 106 cm³/mol. The van der Waals surface area contributed by atoms with Gasteiger partial charge in [-0.2, -0.15) is 0 Å². The maximum absolute atomic E-state index is 11.9. The first-order chi connectivity index (χ1) is 12.3. The molecule has 0 aliphatic rings. The van der Waals surface area contributed by atoms with Crippen LogP contribution in [0.15, 0.2) is 24.3 Å². The van der Waals surface area contributed by atoms with E-state index in [0.29, 0.717) is 17.6 Å². The summed E-state index contributed by atoms with van der Waals surface area (Å²) in [5, 5.41) is 3.23. The molecule has 1 unspecified atom stereocenters. The van der Waals surface area contributed by atoms with E-state index in [2.05, 4.69) is 46.2 Å². The maximum Gasteiger partial charge on any atom is 0.253 e. The van der Waals surface area contributed by atoms with Gasteiger partial charge in [-0.1, -0.05) is 43.7 Å². The van der Waals surface area contributed by atoms with Crippen molar-refractivity contribution < 1.29 is 13.2 Å². The minimum absolute atomic E-state index is 0.288. The van der Waals surface area contributed by atoms with E-state index in [1.165, 1.54) is 22.5 Å². The first kappa shape index (κ1) is 20.7. The molecular formula is C18H25N3O3S2. The number of nitrogens with one attached hydrogen (secondary N) is 2. The van der Waals surface area contributed by atoms with Gasteiger partial charge in [0, 0.05) is 17.8 Å². The van der Waals surface area contributed by atoms with Gasteiger partial charge in [-0.3, -0.25) is 14.3 Å². The van der Waals surface area contributed by atoms with Crippen LogP contribution in [0.4, 0.5) is 5.13 Å². The average molecular weight is 396 g/mol. The topological polar surface area (TPSA) is 80.3 Å². The Hall–Kier alpha value is -1.61.